The van der Waals surface area contributed by atoms with Gasteiger partial charge in [-0.2, -0.15) is 0 Å². The van der Waals surface area contributed by atoms with E-state index in [-0.39, 0.29) is 11.8 Å². The Bertz CT molecular complexity index is 647. The van der Waals surface area contributed by atoms with Gasteiger partial charge >= 0.3 is 5.97 Å². The Balaban J connectivity index is 2.34. The predicted molar refractivity (Wildman–Crippen MR) is 75.5 cm³/mol. The number of rotatable bonds is 4. The van der Waals surface area contributed by atoms with Crippen LogP contribution in [0, 0.1) is 5.92 Å². The molecule has 0 aliphatic carbocycles. The third-order valence-corrected chi connectivity index (χ3v) is 3.14. The van der Waals surface area contributed by atoms with Crippen LogP contribution in [0.1, 0.15) is 24.2 Å². The molecule has 2 aromatic rings. The van der Waals surface area contributed by atoms with Crippen molar-refractivity contribution in [2.75, 3.05) is 0 Å². The number of carbonyl (C=O) groups excluding carboxylic acids is 1. The Kier molecular flexibility index (Phi) is 3.98. The average Bonchev–Trinajstić information content (AvgIpc) is 2.43. The molecule has 0 aliphatic rings. The molecule has 1 aromatic heterocycles. The second-order valence-corrected chi connectivity index (χ2v) is 4.94. The molecule has 1 heterocycles. The van der Waals surface area contributed by atoms with E-state index in [1.165, 1.54) is 0 Å². The topological polar surface area (TPSA) is 79.3 Å². The third-order valence-electron chi connectivity index (χ3n) is 3.14. The molecular weight excluding hydrogens is 256 g/mol. The molecule has 2 N–H and O–H groups in total. The van der Waals surface area contributed by atoms with Gasteiger partial charge in [-0.1, -0.05) is 26.0 Å². The van der Waals surface area contributed by atoms with Crippen molar-refractivity contribution in [3.05, 3.63) is 42.2 Å². The lowest BCUT2D eigenvalue weighted by Gasteiger charge is -2.18. The Morgan fingerprint density at radius 1 is 1.25 bits per heavy atom. The van der Waals surface area contributed by atoms with Gasteiger partial charge in [0, 0.05) is 23.3 Å². The average molecular weight is 272 g/mol. The number of nitrogens with one attached hydrogen (secondary N) is 1. The van der Waals surface area contributed by atoms with Crippen LogP contribution in [-0.2, 0) is 4.79 Å². The van der Waals surface area contributed by atoms with E-state index < -0.39 is 12.0 Å². The molecule has 0 unspecified atom stereocenters. The van der Waals surface area contributed by atoms with Gasteiger partial charge in [0.15, 0.2) is 0 Å². The summed E-state index contributed by atoms with van der Waals surface area (Å²) in [5.41, 5.74) is 0.455. The SMILES string of the molecule is CC(C)[C@@H](NC(=O)c1cccc2cnccc12)C(=O)O. The maximum atomic E-state index is 12.3. The fourth-order valence-electron chi connectivity index (χ4n) is 2.05. The molecule has 1 aromatic carbocycles. The lowest BCUT2D eigenvalue weighted by molar-refractivity contribution is -0.140. The molecule has 5 nitrogen and oxygen atoms in total. The predicted octanol–water partition coefficient (Wildman–Crippen LogP) is 2.07. The van der Waals surface area contributed by atoms with Crippen molar-refractivity contribution >= 4 is 22.6 Å². The molecule has 0 saturated heterocycles. The molecule has 0 spiro atoms. The van der Waals surface area contributed by atoms with Crippen molar-refractivity contribution in [1.29, 1.82) is 0 Å². The van der Waals surface area contributed by atoms with Crippen LogP contribution in [0.25, 0.3) is 10.8 Å². The lowest BCUT2D eigenvalue weighted by Crippen LogP contribution is -2.44. The number of nitrogens with zero attached hydrogens (tertiary/aromatic N) is 1. The number of carbonyl (C=O) groups is 2. The summed E-state index contributed by atoms with van der Waals surface area (Å²) in [6.45, 7) is 3.51. The first-order valence-electron chi connectivity index (χ1n) is 6.37. The number of carboxylic acid groups (broad SMARTS) is 1. The molecule has 0 radical (unpaired) electrons. The minimum Gasteiger partial charge on any atom is -0.480 e. The molecule has 104 valence electrons. The van der Waals surface area contributed by atoms with Crippen LogP contribution in [0.15, 0.2) is 36.7 Å². The van der Waals surface area contributed by atoms with E-state index in [1.54, 1.807) is 44.4 Å². The van der Waals surface area contributed by atoms with E-state index in [9.17, 15) is 9.59 Å². The first-order valence-corrected chi connectivity index (χ1v) is 6.37. The molecule has 1 atom stereocenters. The second-order valence-electron chi connectivity index (χ2n) is 4.94. The number of amides is 1. The summed E-state index contributed by atoms with van der Waals surface area (Å²) in [4.78, 5) is 27.4. The Morgan fingerprint density at radius 3 is 2.65 bits per heavy atom. The number of aliphatic carboxylic acids is 1. The summed E-state index contributed by atoms with van der Waals surface area (Å²) in [7, 11) is 0. The number of pyridine rings is 1. The van der Waals surface area contributed by atoms with E-state index in [0.29, 0.717) is 5.56 Å². The molecule has 0 bridgehead atoms. The Morgan fingerprint density at radius 2 is 2.00 bits per heavy atom. The highest BCUT2D eigenvalue weighted by atomic mass is 16.4. The van der Waals surface area contributed by atoms with Gasteiger partial charge in [0.25, 0.3) is 5.91 Å². The fourth-order valence-corrected chi connectivity index (χ4v) is 2.05. The van der Waals surface area contributed by atoms with Gasteiger partial charge in [0.05, 0.1) is 0 Å². The number of benzene rings is 1. The van der Waals surface area contributed by atoms with Crippen LogP contribution in [0.4, 0.5) is 0 Å². The van der Waals surface area contributed by atoms with Crippen LogP contribution >= 0.6 is 0 Å². The minimum absolute atomic E-state index is 0.187. The number of hydrogen-bond donors (Lipinski definition) is 2. The maximum absolute atomic E-state index is 12.3. The standard InChI is InChI=1S/C15H16N2O3/c1-9(2)13(15(19)20)17-14(18)12-5-3-4-10-8-16-7-6-11(10)12/h3-9,13H,1-2H3,(H,17,18)(H,19,20)/t13-/m1/s1. The van der Waals surface area contributed by atoms with Gasteiger partial charge in [-0.25, -0.2) is 4.79 Å². The highest BCUT2D eigenvalue weighted by Crippen LogP contribution is 2.17. The van der Waals surface area contributed by atoms with Crippen molar-refractivity contribution in [3.63, 3.8) is 0 Å². The highest BCUT2D eigenvalue weighted by Gasteiger charge is 2.24. The summed E-state index contributed by atoms with van der Waals surface area (Å²) in [5, 5.41) is 13.3. The van der Waals surface area contributed by atoms with Gasteiger partial charge in [0.1, 0.15) is 6.04 Å². The summed E-state index contributed by atoms with van der Waals surface area (Å²) >= 11 is 0. The quantitative estimate of drug-likeness (QED) is 0.893. The largest absolute Gasteiger partial charge is 0.480 e. The van der Waals surface area contributed by atoms with Crippen LogP contribution < -0.4 is 5.32 Å². The number of carboxylic acids is 1. The molecule has 0 aliphatic heterocycles. The first kappa shape index (κ1) is 14.0. The van der Waals surface area contributed by atoms with Crippen molar-refractivity contribution in [2.45, 2.75) is 19.9 Å². The fraction of sp³-hybridized carbons (Fsp3) is 0.267. The summed E-state index contributed by atoms with van der Waals surface area (Å²) in [6, 6.07) is 6.13. The summed E-state index contributed by atoms with van der Waals surface area (Å²) < 4.78 is 0. The van der Waals surface area contributed by atoms with Crippen LogP contribution in [0.5, 0.6) is 0 Å². The zero-order valence-electron chi connectivity index (χ0n) is 11.3. The van der Waals surface area contributed by atoms with Crippen LogP contribution in [0.2, 0.25) is 0 Å². The maximum Gasteiger partial charge on any atom is 0.326 e. The highest BCUT2D eigenvalue weighted by molar-refractivity contribution is 6.07. The van der Waals surface area contributed by atoms with Crippen molar-refractivity contribution in [1.82, 2.24) is 10.3 Å². The zero-order chi connectivity index (χ0) is 14.7. The number of hydrogen-bond acceptors (Lipinski definition) is 3. The molecule has 0 fully saturated rings. The zero-order valence-corrected chi connectivity index (χ0v) is 11.3. The van der Waals surface area contributed by atoms with E-state index in [4.69, 9.17) is 5.11 Å². The second kappa shape index (κ2) is 5.69. The van der Waals surface area contributed by atoms with Gasteiger partial charge in [-0.05, 0) is 23.4 Å². The van der Waals surface area contributed by atoms with Crippen LogP contribution in [-0.4, -0.2) is 28.0 Å². The molecule has 1 amide bonds. The monoisotopic (exact) mass is 272 g/mol. The molecular formula is C15H16N2O3. The first-order chi connectivity index (χ1) is 9.50. The number of aromatic nitrogens is 1. The normalized spacial score (nSPS) is 12.3. The van der Waals surface area contributed by atoms with Crippen molar-refractivity contribution in [2.24, 2.45) is 5.92 Å². The lowest BCUT2D eigenvalue weighted by atomic mass is 10.0. The van der Waals surface area contributed by atoms with Gasteiger partial charge in [0.2, 0.25) is 0 Å². The smallest absolute Gasteiger partial charge is 0.326 e. The Hall–Kier alpha value is -2.43. The molecule has 2 rings (SSSR count). The van der Waals surface area contributed by atoms with E-state index in [2.05, 4.69) is 10.3 Å². The van der Waals surface area contributed by atoms with Crippen LogP contribution in [0.3, 0.4) is 0 Å². The van der Waals surface area contributed by atoms with Gasteiger partial charge in [-0.15, -0.1) is 0 Å². The van der Waals surface area contributed by atoms with E-state index in [0.717, 1.165) is 10.8 Å². The molecule has 5 heteroatoms. The minimum atomic E-state index is -1.03. The van der Waals surface area contributed by atoms with E-state index in [1.807, 2.05) is 6.07 Å². The third kappa shape index (κ3) is 2.77. The van der Waals surface area contributed by atoms with Gasteiger partial charge in [-0.3, -0.25) is 9.78 Å². The molecule has 0 saturated carbocycles. The Labute approximate surface area is 116 Å². The molecule has 20 heavy (non-hydrogen) atoms. The van der Waals surface area contributed by atoms with Crippen molar-refractivity contribution < 1.29 is 14.7 Å². The summed E-state index contributed by atoms with van der Waals surface area (Å²) in [5.74, 6) is -1.61. The number of fused-ring (bicyclic) bond motifs is 1. The van der Waals surface area contributed by atoms with Crippen molar-refractivity contribution in [3.8, 4) is 0 Å². The van der Waals surface area contributed by atoms with E-state index >= 15 is 0 Å². The van der Waals surface area contributed by atoms with Gasteiger partial charge < -0.3 is 10.4 Å². The summed E-state index contributed by atoms with van der Waals surface area (Å²) in [6.07, 6.45) is 3.28.